The number of benzene rings is 1. The smallest absolute Gasteiger partial charge is 0.276 e. The van der Waals surface area contributed by atoms with Gasteiger partial charge < -0.3 is 5.32 Å². The van der Waals surface area contributed by atoms with E-state index in [4.69, 9.17) is 0 Å². The zero-order chi connectivity index (χ0) is 13.3. The Kier molecular flexibility index (Phi) is 3.19. The highest BCUT2D eigenvalue weighted by Crippen LogP contribution is 2.14. The van der Waals surface area contributed by atoms with E-state index in [1.54, 1.807) is 10.7 Å². The second-order valence-electron chi connectivity index (χ2n) is 4.63. The van der Waals surface area contributed by atoms with Gasteiger partial charge in [-0.2, -0.15) is 5.10 Å². The van der Waals surface area contributed by atoms with Gasteiger partial charge in [0.2, 0.25) is 0 Å². The van der Waals surface area contributed by atoms with Crippen molar-refractivity contribution in [3.05, 3.63) is 46.8 Å². The first-order valence-corrected chi connectivity index (χ1v) is 5.86. The molecule has 2 rings (SSSR count). The summed E-state index contributed by atoms with van der Waals surface area (Å²) in [6.07, 6.45) is 0. The molecule has 0 aliphatic rings. The fraction of sp³-hybridized carbons (Fsp3) is 0.286. The van der Waals surface area contributed by atoms with Gasteiger partial charge in [0.25, 0.3) is 5.91 Å². The number of amides is 1. The van der Waals surface area contributed by atoms with E-state index in [9.17, 15) is 4.79 Å². The van der Waals surface area contributed by atoms with Gasteiger partial charge in [0, 0.05) is 18.4 Å². The molecule has 1 aromatic carbocycles. The van der Waals surface area contributed by atoms with Crippen LogP contribution in [0.25, 0.3) is 0 Å². The van der Waals surface area contributed by atoms with Crippen molar-refractivity contribution in [2.45, 2.75) is 20.8 Å². The average molecular weight is 243 g/mol. The van der Waals surface area contributed by atoms with E-state index in [0.29, 0.717) is 5.69 Å². The number of hydrogen-bond donors (Lipinski definition) is 1. The molecular formula is C14H17N3O. The molecule has 18 heavy (non-hydrogen) atoms. The van der Waals surface area contributed by atoms with Crippen molar-refractivity contribution < 1.29 is 4.79 Å². The lowest BCUT2D eigenvalue weighted by atomic mass is 10.1. The monoisotopic (exact) mass is 243 g/mol. The molecular weight excluding hydrogens is 226 g/mol. The van der Waals surface area contributed by atoms with E-state index in [2.05, 4.69) is 16.5 Å². The highest BCUT2D eigenvalue weighted by molar-refractivity contribution is 6.03. The molecule has 0 aliphatic carbocycles. The molecule has 1 aromatic heterocycles. The molecule has 1 N–H and O–H groups in total. The summed E-state index contributed by atoms with van der Waals surface area (Å²) in [5.41, 5.74) is 4.46. The van der Waals surface area contributed by atoms with Crippen molar-refractivity contribution >= 4 is 11.6 Å². The fourth-order valence-electron chi connectivity index (χ4n) is 1.91. The number of nitrogens with zero attached hydrogens (tertiary/aromatic N) is 2. The van der Waals surface area contributed by atoms with E-state index in [0.717, 1.165) is 22.5 Å². The molecule has 2 aromatic rings. The van der Waals surface area contributed by atoms with Crippen LogP contribution in [0.3, 0.4) is 0 Å². The van der Waals surface area contributed by atoms with E-state index < -0.39 is 0 Å². The standard InChI is InChI=1S/C14H17N3O/c1-9-5-10(2)7-12(6-9)15-14(18)13-8-11(3)17(4)16-13/h5-8H,1-4H3,(H,15,18). The molecule has 0 atom stereocenters. The van der Waals surface area contributed by atoms with Gasteiger partial charge in [-0.15, -0.1) is 0 Å². The molecule has 0 aliphatic heterocycles. The van der Waals surface area contributed by atoms with Gasteiger partial charge >= 0.3 is 0 Å². The summed E-state index contributed by atoms with van der Waals surface area (Å²) in [5, 5.41) is 7.02. The molecule has 0 saturated heterocycles. The summed E-state index contributed by atoms with van der Waals surface area (Å²) >= 11 is 0. The minimum Gasteiger partial charge on any atom is -0.321 e. The van der Waals surface area contributed by atoms with Crippen LogP contribution in [-0.4, -0.2) is 15.7 Å². The van der Waals surface area contributed by atoms with Crippen LogP contribution < -0.4 is 5.32 Å². The maximum absolute atomic E-state index is 12.0. The van der Waals surface area contributed by atoms with Crippen LogP contribution >= 0.6 is 0 Å². The maximum Gasteiger partial charge on any atom is 0.276 e. The van der Waals surface area contributed by atoms with Crippen LogP contribution in [0.4, 0.5) is 5.69 Å². The molecule has 0 spiro atoms. The number of anilines is 1. The minimum absolute atomic E-state index is 0.177. The summed E-state index contributed by atoms with van der Waals surface area (Å²) in [6.45, 7) is 5.93. The van der Waals surface area contributed by atoms with Crippen molar-refractivity contribution in [3.63, 3.8) is 0 Å². The number of carbonyl (C=O) groups is 1. The molecule has 0 fully saturated rings. The van der Waals surface area contributed by atoms with Crippen LogP contribution in [0.2, 0.25) is 0 Å². The second-order valence-corrected chi connectivity index (χ2v) is 4.63. The number of nitrogens with one attached hydrogen (secondary N) is 1. The molecule has 4 nitrogen and oxygen atoms in total. The lowest BCUT2D eigenvalue weighted by molar-refractivity contribution is 0.102. The number of rotatable bonds is 2. The Bertz CT molecular complexity index is 559. The van der Waals surface area contributed by atoms with Crippen molar-refractivity contribution in [3.8, 4) is 0 Å². The zero-order valence-corrected chi connectivity index (χ0v) is 11.1. The van der Waals surface area contributed by atoms with Crippen molar-refractivity contribution in [2.75, 3.05) is 5.32 Å². The van der Waals surface area contributed by atoms with Crippen molar-refractivity contribution in [1.29, 1.82) is 0 Å². The van der Waals surface area contributed by atoms with Crippen LogP contribution in [0.15, 0.2) is 24.3 Å². The van der Waals surface area contributed by atoms with Gasteiger partial charge in [0.15, 0.2) is 5.69 Å². The van der Waals surface area contributed by atoms with Crippen molar-refractivity contribution in [1.82, 2.24) is 9.78 Å². The fourth-order valence-corrected chi connectivity index (χ4v) is 1.91. The molecule has 1 heterocycles. The highest BCUT2D eigenvalue weighted by Gasteiger charge is 2.11. The molecule has 4 heteroatoms. The van der Waals surface area contributed by atoms with Crippen LogP contribution in [0.5, 0.6) is 0 Å². The van der Waals surface area contributed by atoms with Gasteiger partial charge in [0.1, 0.15) is 0 Å². The van der Waals surface area contributed by atoms with E-state index in [1.807, 2.05) is 40.0 Å². The topological polar surface area (TPSA) is 46.9 Å². The van der Waals surface area contributed by atoms with Crippen LogP contribution in [0, 0.1) is 20.8 Å². The third-order valence-corrected chi connectivity index (χ3v) is 2.83. The van der Waals surface area contributed by atoms with E-state index in [1.165, 1.54) is 0 Å². The number of aryl methyl sites for hydroxylation is 4. The first kappa shape index (κ1) is 12.4. The van der Waals surface area contributed by atoms with Gasteiger partial charge in [0.05, 0.1) is 0 Å². The predicted molar refractivity (Wildman–Crippen MR) is 71.8 cm³/mol. The first-order chi connectivity index (χ1) is 8.45. The van der Waals surface area contributed by atoms with Crippen LogP contribution in [-0.2, 0) is 7.05 Å². The number of hydrogen-bond acceptors (Lipinski definition) is 2. The van der Waals surface area contributed by atoms with Crippen LogP contribution in [0.1, 0.15) is 27.3 Å². The predicted octanol–water partition coefficient (Wildman–Crippen LogP) is 2.60. The summed E-state index contributed by atoms with van der Waals surface area (Å²) in [7, 11) is 1.82. The molecule has 1 amide bonds. The SMILES string of the molecule is Cc1cc(C)cc(NC(=O)c2cc(C)n(C)n2)c1. The van der Waals surface area contributed by atoms with Crippen molar-refractivity contribution in [2.24, 2.45) is 7.05 Å². The average Bonchev–Trinajstić information content (AvgIpc) is 2.57. The lowest BCUT2D eigenvalue weighted by Gasteiger charge is -2.05. The summed E-state index contributed by atoms with van der Waals surface area (Å²) in [6, 6.07) is 7.74. The first-order valence-electron chi connectivity index (χ1n) is 5.86. The lowest BCUT2D eigenvalue weighted by Crippen LogP contribution is -2.13. The van der Waals surface area contributed by atoms with Gasteiger partial charge in [-0.25, -0.2) is 0 Å². The Balaban J connectivity index is 2.21. The van der Waals surface area contributed by atoms with E-state index in [-0.39, 0.29) is 5.91 Å². The number of carbonyl (C=O) groups excluding carboxylic acids is 1. The Hall–Kier alpha value is -2.10. The Morgan fingerprint density at radius 1 is 1.11 bits per heavy atom. The summed E-state index contributed by atoms with van der Waals surface area (Å²) < 4.78 is 1.69. The molecule has 0 unspecified atom stereocenters. The quantitative estimate of drug-likeness (QED) is 0.881. The van der Waals surface area contributed by atoms with Gasteiger partial charge in [-0.05, 0) is 50.1 Å². The molecule has 0 saturated carbocycles. The van der Waals surface area contributed by atoms with Gasteiger partial charge in [-0.1, -0.05) is 6.07 Å². The highest BCUT2D eigenvalue weighted by atomic mass is 16.1. The second kappa shape index (κ2) is 4.64. The third-order valence-electron chi connectivity index (χ3n) is 2.83. The zero-order valence-electron chi connectivity index (χ0n) is 11.1. The molecule has 0 bridgehead atoms. The summed E-state index contributed by atoms with van der Waals surface area (Å²) in [5.74, 6) is -0.177. The molecule has 0 radical (unpaired) electrons. The third kappa shape index (κ3) is 2.59. The minimum atomic E-state index is -0.177. The Morgan fingerprint density at radius 2 is 1.72 bits per heavy atom. The maximum atomic E-state index is 12.0. The summed E-state index contributed by atoms with van der Waals surface area (Å²) in [4.78, 5) is 12.0. The normalized spacial score (nSPS) is 10.4. The molecule has 94 valence electrons. The van der Waals surface area contributed by atoms with Gasteiger partial charge in [-0.3, -0.25) is 9.48 Å². The number of aromatic nitrogens is 2. The Labute approximate surface area is 107 Å². The Morgan fingerprint density at radius 3 is 2.22 bits per heavy atom. The van der Waals surface area contributed by atoms with E-state index >= 15 is 0 Å². The largest absolute Gasteiger partial charge is 0.321 e.